The second-order valence-corrected chi connectivity index (χ2v) is 7.75. The van der Waals surface area contributed by atoms with E-state index in [9.17, 15) is 4.79 Å². The molecule has 1 aliphatic carbocycles. The third-order valence-electron chi connectivity index (χ3n) is 5.67. The molecular formula is C19H24N8O. The third-order valence-corrected chi connectivity index (χ3v) is 5.67. The predicted molar refractivity (Wildman–Crippen MR) is 101 cm³/mol. The van der Waals surface area contributed by atoms with E-state index < -0.39 is 0 Å². The number of carbonyl (C=O) groups is 1. The summed E-state index contributed by atoms with van der Waals surface area (Å²) >= 11 is 0. The first kappa shape index (κ1) is 17.2. The van der Waals surface area contributed by atoms with Crippen LogP contribution in [0.3, 0.4) is 0 Å². The van der Waals surface area contributed by atoms with Gasteiger partial charge in [0.05, 0.1) is 11.8 Å². The van der Waals surface area contributed by atoms with Gasteiger partial charge in [-0.2, -0.15) is 10.2 Å². The first-order chi connectivity index (χ1) is 13.7. The lowest BCUT2D eigenvalue weighted by Crippen LogP contribution is -2.38. The first-order valence-electron chi connectivity index (χ1n) is 9.88. The number of rotatable bonds is 5. The van der Waals surface area contributed by atoms with E-state index in [0.29, 0.717) is 24.1 Å². The molecule has 1 saturated heterocycles. The van der Waals surface area contributed by atoms with E-state index in [1.165, 1.54) is 12.8 Å². The summed E-state index contributed by atoms with van der Waals surface area (Å²) in [5.74, 6) is 2.47. The molecule has 1 aliphatic heterocycles. The van der Waals surface area contributed by atoms with Crippen LogP contribution in [-0.2, 0) is 13.6 Å². The molecule has 0 aromatic carbocycles. The molecule has 146 valence electrons. The molecule has 5 rings (SSSR count). The normalized spacial score (nSPS) is 18.0. The number of aromatic nitrogens is 7. The van der Waals surface area contributed by atoms with Gasteiger partial charge in [-0.25, -0.2) is 0 Å². The Bertz CT molecular complexity index is 960. The Hall–Kier alpha value is -2.97. The fraction of sp³-hybridized carbons (Fsp3) is 0.526. The van der Waals surface area contributed by atoms with Gasteiger partial charge in [0.15, 0.2) is 5.82 Å². The van der Waals surface area contributed by atoms with Gasteiger partial charge in [0.2, 0.25) is 0 Å². The molecule has 9 heteroatoms. The van der Waals surface area contributed by atoms with Crippen LogP contribution in [-0.4, -0.2) is 58.2 Å². The molecule has 2 aliphatic rings. The number of nitrogens with zero attached hydrogens (tertiary/aromatic N) is 8. The minimum Gasteiger partial charge on any atom is -0.339 e. The largest absolute Gasteiger partial charge is 0.339 e. The predicted octanol–water partition coefficient (Wildman–Crippen LogP) is 1.61. The molecule has 4 heterocycles. The Morgan fingerprint density at radius 1 is 1.14 bits per heavy atom. The third kappa shape index (κ3) is 3.21. The first-order valence-corrected chi connectivity index (χ1v) is 9.88. The Labute approximate surface area is 163 Å². The van der Waals surface area contributed by atoms with E-state index >= 15 is 0 Å². The Balaban J connectivity index is 1.30. The van der Waals surface area contributed by atoms with Crippen molar-refractivity contribution in [2.75, 3.05) is 13.1 Å². The van der Waals surface area contributed by atoms with Crippen molar-refractivity contribution in [1.29, 1.82) is 0 Å². The zero-order valence-corrected chi connectivity index (χ0v) is 16.0. The molecule has 1 saturated carbocycles. The van der Waals surface area contributed by atoms with Crippen LogP contribution in [0.2, 0.25) is 0 Å². The topological polar surface area (TPSA) is 86.7 Å². The smallest absolute Gasteiger partial charge is 0.257 e. The van der Waals surface area contributed by atoms with Gasteiger partial charge in [-0.05, 0) is 31.7 Å². The lowest BCUT2D eigenvalue weighted by molar-refractivity contribution is 0.0710. The van der Waals surface area contributed by atoms with Crippen molar-refractivity contribution in [3.8, 4) is 0 Å². The molecule has 2 fully saturated rings. The van der Waals surface area contributed by atoms with Crippen molar-refractivity contribution >= 4 is 5.91 Å². The molecule has 28 heavy (non-hydrogen) atoms. The van der Waals surface area contributed by atoms with Gasteiger partial charge in [0.1, 0.15) is 12.4 Å². The van der Waals surface area contributed by atoms with Crippen molar-refractivity contribution < 1.29 is 4.79 Å². The summed E-state index contributed by atoms with van der Waals surface area (Å²) in [5, 5.41) is 17.5. The summed E-state index contributed by atoms with van der Waals surface area (Å²) in [6.45, 7) is 2.13. The molecular weight excluding hydrogens is 356 g/mol. The highest BCUT2D eigenvalue weighted by Gasteiger charge is 2.34. The molecule has 0 bridgehead atoms. The Morgan fingerprint density at radius 2 is 1.96 bits per heavy atom. The molecule has 0 atom stereocenters. The molecule has 3 aromatic rings. The average Bonchev–Trinajstić information content (AvgIpc) is 3.09. The zero-order chi connectivity index (χ0) is 19.1. The van der Waals surface area contributed by atoms with Crippen LogP contribution in [0.15, 0.2) is 30.9 Å². The van der Waals surface area contributed by atoms with E-state index in [2.05, 4.69) is 25.0 Å². The van der Waals surface area contributed by atoms with E-state index in [1.807, 2.05) is 28.9 Å². The van der Waals surface area contributed by atoms with E-state index in [1.54, 1.807) is 23.3 Å². The molecule has 1 amide bonds. The van der Waals surface area contributed by atoms with Crippen LogP contribution in [0.4, 0.5) is 0 Å². The zero-order valence-electron chi connectivity index (χ0n) is 16.0. The van der Waals surface area contributed by atoms with Gasteiger partial charge in [-0.3, -0.25) is 14.2 Å². The minimum absolute atomic E-state index is 0.0644. The summed E-state index contributed by atoms with van der Waals surface area (Å²) in [7, 11) is 1.83. The van der Waals surface area contributed by atoms with Crippen LogP contribution in [0.5, 0.6) is 0 Å². The fourth-order valence-corrected chi connectivity index (χ4v) is 4.05. The maximum absolute atomic E-state index is 12.7. The number of hydrogen-bond acceptors (Lipinski definition) is 5. The van der Waals surface area contributed by atoms with Crippen molar-refractivity contribution in [2.24, 2.45) is 7.05 Å². The molecule has 3 aromatic heterocycles. The standard InChI is InChI=1S/C19H24N8O/c1-24-12-15(11-21-24)19(28)25-9-5-14(6-10-25)18-23-22-17(27(18)16-3-4-16)13-26-8-2-7-20-26/h2,7-8,11-12,14,16H,3-6,9-10,13H2,1H3. The highest BCUT2D eigenvalue weighted by atomic mass is 16.2. The summed E-state index contributed by atoms with van der Waals surface area (Å²) in [6, 6.07) is 2.44. The van der Waals surface area contributed by atoms with Crippen molar-refractivity contribution in [2.45, 2.75) is 44.2 Å². The quantitative estimate of drug-likeness (QED) is 0.671. The summed E-state index contributed by atoms with van der Waals surface area (Å²) < 4.78 is 5.89. The summed E-state index contributed by atoms with van der Waals surface area (Å²) in [5.41, 5.74) is 0.656. The second kappa shape index (κ2) is 6.88. The van der Waals surface area contributed by atoms with Crippen molar-refractivity contribution in [1.82, 2.24) is 39.2 Å². The maximum Gasteiger partial charge on any atom is 0.257 e. The SMILES string of the molecule is Cn1cc(C(=O)N2CCC(c3nnc(Cn4cccn4)n3C3CC3)CC2)cn1. The number of piperidine rings is 1. The average molecular weight is 380 g/mol. The van der Waals surface area contributed by atoms with Gasteiger partial charge >= 0.3 is 0 Å². The van der Waals surface area contributed by atoms with Crippen LogP contribution in [0, 0.1) is 0 Å². The lowest BCUT2D eigenvalue weighted by atomic mass is 9.95. The molecule has 0 unspecified atom stereocenters. The monoisotopic (exact) mass is 380 g/mol. The van der Waals surface area contributed by atoms with Crippen LogP contribution < -0.4 is 0 Å². The van der Waals surface area contributed by atoms with Gasteiger partial charge in [-0.15, -0.1) is 10.2 Å². The Kier molecular flexibility index (Phi) is 4.22. The minimum atomic E-state index is 0.0644. The maximum atomic E-state index is 12.7. The van der Waals surface area contributed by atoms with E-state index in [0.717, 1.165) is 37.6 Å². The second-order valence-electron chi connectivity index (χ2n) is 7.75. The highest BCUT2D eigenvalue weighted by Crippen LogP contribution is 2.40. The lowest BCUT2D eigenvalue weighted by Gasteiger charge is -2.31. The summed E-state index contributed by atoms with van der Waals surface area (Å²) in [6.07, 6.45) is 11.4. The van der Waals surface area contributed by atoms with Crippen LogP contribution in [0.25, 0.3) is 0 Å². The number of hydrogen-bond donors (Lipinski definition) is 0. The number of aryl methyl sites for hydroxylation is 1. The van der Waals surface area contributed by atoms with Gasteiger partial charge in [-0.1, -0.05) is 0 Å². The van der Waals surface area contributed by atoms with Gasteiger partial charge < -0.3 is 9.47 Å². The molecule has 0 spiro atoms. The Morgan fingerprint density at radius 3 is 2.61 bits per heavy atom. The molecule has 9 nitrogen and oxygen atoms in total. The van der Waals surface area contributed by atoms with Gasteiger partial charge in [0, 0.05) is 50.7 Å². The fourth-order valence-electron chi connectivity index (χ4n) is 4.05. The number of carbonyl (C=O) groups excluding carboxylic acids is 1. The van der Waals surface area contributed by atoms with E-state index in [4.69, 9.17) is 0 Å². The molecule has 0 radical (unpaired) electrons. The van der Waals surface area contributed by atoms with Crippen molar-refractivity contribution in [3.63, 3.8) is 0 Å². The van der Waals surface area contributed by atoms with E-state index in [-0.39, 0.29) is 5.91 Å². The molecule has 0 N–H and O–H groups in total. The van der Waals surface area contributed by atoms with Crippen LogP contribution >= 0.6 is 0 Å². The highest BCUT2D eigenvalue weighted by molar-refractivity contribution is 5.93. The van der Waals surface area contributed by atoms with Crippen LogP contribution in [0.1, 0.15) is 59.6 Å². The summed E-state index contributed by atoms with van der Waals surface area (Å²) in [4.78, 5) is 14.6. The van der Waals surface area contributed by atoms with Gasteiger partial charge in [0.25, 0.3) is 5.91 Å². The number of likely N-dealkylation sites (tertiary alicyclic amines) is 1. The van der Waals surface area contributed by atoms with Crippen molar-refractivity contribution in [3.05, 3.63) is 48.1 Å². The number of amides is 1.